The first-order valence-electron chi connectivity index (χ1n) is 18.6. The molecule has 6 aliphatic rings. The van der Waals surface area contributed by atoms with E-state index >= 15 is 0 Å². The highest BCUT2D eigenvalue weighted by Crippen LogP contribution is 2.58. The summed E-state index contributed by atoms with van der Waals surface area (Å²) in [7, 11) is 1.74. The monoisotopic (exact) mass is 666 g/mol. The lowest BCUT2D eigenvalue weighted by atomic mass is 9.51. The number of aryl methyl sites for hydroxylation is 1. The van der Waals surface area contributed by atoms with Gasteiger partial charge in [0.05, 0.1) is 7.11 Å². The van der Waals surface area contributed by atoms with Crippen LogP contribution in [0.3, 0.4) is 0 Å². The molecule has 1 aromatic heterocycles. The van der Waals surface area contributed by atoms with Crippen molar-refractivity contribution in [3.8, 4) is 17.2 Å². The van der Waals surface area contributed by atoms with Crippen molar-refractivity contribution in [3.05, 3.63) is 59.5 Å². The fraction of sp³-hybridized carbons (Fsp3) is 0.600. The molecule has 2 bridgehead atoms. The zero-order valence-corrected chi connectivity index (χ0v) is 29.3. The van der Waals surface area contributed by atoms with E-state index in [1.165, 1.54) is 11.1 Å². The van der Waals surface area contributed by atoms with Gasteiger partial charge in [-0.05, 0) is 136 Å². The molecule has 2 aromatic carbocycles. The Morgan fingerprint density at radius 3 is 2.33 bits per heavy atom. The molecule has 1 aliphatic heterocycles. The number of amides is 2. The van der Waals surface area contributed by atoms with Gasteiger partial charge in [0, 0.05) is 42.7 Å². The van der Waals surface area contributed by atoms with Gasteiger partial charge in [0.2, 0.25) is 17.7 Å². The van der Waals surface area contributed by atoms with Crippen LogP contribution in [0.2, 0.25) is 0 Å². The maximum atomic E-state index is 14.7. The van der Waals surface area contributed by atoms with Crippen molar-refractivity contribution >= 4 is 17.7 Å². The van der Waals surface area contributed by atoms with Gasteiger partial charge in [-0.2, -0.15) is 0 Å². The summed E-state index contributed by atoms with van der Waals surface area (Å²) in [6, 6.07) is 14.9. The van der Waals surface area contributed by atoms with Crippen LogP contribution in [0.25, 0.3) is 11.5 Å². The highest BCUT2D eigenvalue weighted by Gasteiger charge is 2.51. The lowest BCUT2D eigenvalue weighted by Gasteiger charge is -2.55. The quantitative estimate of drug-likeness (QED) is 0.227. The second-order valence-corrected chi connectivity index (χ2v) is 16.0. The van der Waals surface area contributed by atoms with Gasteiger partial charge in [-0.15, -0.1) is 10.2 Å². The first kappa shape index (κ1) is 32.3. The minimum atomic E-state index is -0.202. The third-order valence-corrected chi connectivity index (χ3v) is 12.6. The molecule has 49 heavy (non-hydrogen) atoms. The largest absolute Gasteiger partial charge is 0.496 e. The first-order chi connectivity index (χ1) is 23.7. The normalized spacial score (nSPS) is 28.2. The van der Waals surface area contributed by atoms with Gasteiger partial charge in [0.1, 0.15) is 11.9 Å². The van der Waals surface area contributed by atoms with Crippen LogP contribution >= 0.6 is 0 Å². The van der Waals surface area contributed by atoms with Gasteiger partial charge in [-0.25, -0.2) is 4.79 Å². The van der Waals surface area contributed by atoms with Gasteiger partial charge in [-0.1, -0.05) is 25.1 Å². The van der Waals surface area contributed by atoms with Gasteiger partial charge < -0.3 is 23.7 Å². The zero-order chi connectivity index (χ0) is 33.8. The number of methoxy groups -OCH3 is 1. The molecule has 0 N–H and O–H groups in total. The molecule has 5 aliphatic carbocycles. The third kappa shape index (κ3) is 6.34. The molecule has 0 atom stereocenters. The van der Waals surface area contributed by atoms with E-state index in [4.69, 9.17) is 13.9 Å². The van der Waals surface area contributed by atoms with Crippen molar-refractivity contribution < 1.29 is 23.5 Å². The van der Waals surface area contributed by atoms with Crippen LogP contribution in [0, 0.1) is 24.2 Å². The smallest absolute Gasteiger partial charge is 0.410 e. The number of hydrogen-bond donors (Lipinski definition) is 0. The molecule has 9 nitrogen and oxygen atoms in total. The number of likely N-dealkylation sites (tertiary alicyclic amines) is 1. The molecule has 5 saturated carbocycles. The predicted octanol–water partition coefficient (Wildman–Crippen LogP) is 8.20. The van der Waals surface area contributed by atoms with Crippen molar-refractivity contribution in [2.45, 2.75) is 108 Å². The Bertz CT molecular complexity index is 1680. The number of aromatic nitrogens is 2. The molecule has 9 heteroatoms. The van der Waals surface area contributed by atoms with Crippen LogP contribution in [-0.2, 0) is 14.9 Å². The standard InChI is InChI=1S/C40H50N4O5/c1-26-23-43(24-26)38(46)48-33-12-9-29(10-13-33)37(45)44(32-6-4-5-30(22-32)36-42-41-35(49-36)28-7-8-28)25-39-15-18-40(19-16-39,20-17-39)31-11-14-34(47-3)27(2)21-31/h4-6,11,14,21-22,26,28-29,33H,7-10,12-13,15-20,23-25H2,1-3H3. The van der Waals surface area contributed by atoms with Crippen molar-refractivity contribution in [1.82, 2.24) is 15.1 Å². The lowest BCUT2D eigenvalue weighted by Crippen LogP contribution is -2.52. The number of rotatable bonds is 9. The van der Waals surface area contributed by atoms with E-state index in [0.29, 0.717) is 30.2 Å². The average Bonchev–Trinajstić information content (AvgIpc) is 3.85. The number of hydrogen-bond acceptors (Lipinski definition) is 7. The van der Waals surface area contributed by atoms with Gasteiger partial charge in [0.25, 0.3) is 0 Å². The summed E-state index contributed by atoms with van der Waals surface area (Å²) in [6.07, 6.45) is 11.5. The van der Waals surface area contributed by atoms with E-state index in [0.717, 1.165) is 107 Å². The summed E-state index contributed by atoms with van der Waals surface area (Å²) in [4.78, 5) is 31.1. The number of anilines is 1. The number of carbonyl (C=O) groups is 2. The van der Waals surface area contributed by atoms with Crippen LogP contribution in [0.4, 0.5) is 10.5 Å². The second-order valence-electron chi connectivity index (χ2n) is 16.0. The summed E-state index contributed by atoms with van der Waals surface area (Å²) < 4.78 is 17.5. The Hall–Kier alpha value is -3.88. The Kier molecular flexibility index (Phi) is 8.43. The van der Waals surface area contributed by atoms with E-state index < -0.39 is 0 Å². The third-order valence-electron chi connectivity index (χ3n) is 12.6. The molecule has 9 rings (SSSR count). The van der Waals surface area contributed by atoms with E-state index in [1.54, 1.807) is 12.0 Å². The topological polar surface area (TPSA) is 98.0 Å². The van der Waals surface area contributed by atoms with Crippen molar-refractivity contribution in [3.63, 3.8) is 0 Å². The fourth-order valence-electron chi connectivity index (χ4n) is 9.14. The maximum Gasteiger partial charge on any atom is 0.410 e. The fourth-order valence-corrected chi connectivity index (χ4v) is 9.14. The first-order valence-corrected chi connectivity index (χ1v) is 18.6. The molecule has 0 unspecified atom stereocenters. The number of carbonyl (C=O) groups excluding carboxylic acids is 2. The summed E-state index contributed by atoms with van der Waals surface area (Å²) >= 11 is 0. The average molecular weight is 667 g/mol. The molecular formula is C40H50N4O5. The minimum Gasteiger partial charge on any atom is -0.496 e. The minimum absolute atomic E-state index is 0.0830. The Labute approximate surface area is 289 Å². The highest BCUT2D eigenvalue weighted by molar-refractivity contribution is 5.95. The molecule has 0 radical (unpaired) electrons. The number of fused-ring (bicyclic) bond motifs is 3. The molecule has 260 valence electrons. The van der Waals surface area contributed by atoms with Crippen molar-refractivity contribution in [2.24, 2.45) is 17.3 Å². The highest BCUT2D eigenvalue weighted by atomic mass is 16.6. The Morgan fingerprint density at radius 1 is 0.939 bits per heavy atom. The van der Waals surface area contributed by atoms with Gasteiger partial charge in [0.15, 0.2) is 0 Å². The molecule has 2 heterocycles. The molecule has 1 saturated heterocycles. The zero-order valence-electron chi connectivity index (χ0n) is 29.3. The van der Waals surface area contributed by atoms with Crippen LogP contribution < -0.4 is 9.64 Å². The number of benzene rings is 2. The molecule has 2 amide bonds. The number of nitrogens with zero attached hydrogens (tertiary/aromatic N) is 4. The second kappa shape index (κ2) is 12.8. The van der Waals surface area contributed by atoms with Crippen molar-refractivity contribution in [1.29, 1.82) is 0 Å². The van der Waals surface area contributed by atoms with E-state index in [1.807, 2.05) is 12.1 Å². The van der Waals surface area contributed by atoms with Crippen LogP contribution in [0.1, 0.15) is 107 Å². The van der Waals surface area contributed by atoms with E-state index in [2.05, 4.69) is 59.3 Å². The number of ether oxygens (including phenoxy) is 2. The summed E-state index contributed by atoms with van der Waals surface area (Å²) in [5, 5.41) is 8.69. The SMILES string of the molecule is COc1ccc(C23CCC(CN(C(=O)C4CCC(OC(=O)N5CC(C)C5)CC4)c4cccc(-c5nnc(C6CC6)o5)c4)(CC2)CC3)cc1C. The van der Waals surface area contributed by atoms with E-state index in [9.17, 15) is 9.59 Å². The van der Waals surface area contributed by atoms with E-state index in [-0.39, 0.29) is 34.9 Å². The Morgan fingerprint density at radius 2 is 1.67 bits per heavy atom. The predicted molar refractivity (Wildman–Crippen MR) is 187 cm³/mol. The summed E-state index contributed by atoms with van der Waals surface area (Å²) in [5.41, 5.74) is 4.67. The lowest BCUT2D eigenvalue weighted by molar-refractivity contribution is -0.124. The van der Waals surface area contributed by atoms with Gasteiger partial charge >= 0.3 is 6.09 Å². The molecule has 0 spiro atoms. The van der Waals surface area contributed by atoms with Gasteiger partial charge in [-0.3, -0.25) is 4.79 Å². The van der Waals surface area contributed by atoms with Crippen LogP contribution in [-0.4, -0.2) is 59.9 Å². The van der Waals surface area contributed by atoms with Crippen molar-refractivity contribution in [2.75, 3.05) is 31.6 Å². The molecule has 6 fully saturated rings. The summed E-state index contributed by atoms with van der Waals surface area (Å²) in [6.45, 7) is 6.54. The van der Waals surface area contributed by atoms with Crippen LogP contribution in [0.5, 0.6) is 5.75 Å². The maximum absolute atomic E-state index is 14.7. The Balaban J connectivity index is 1.01. The van der Waals surface area contributed by atoms with Crippen LogP contribution in [0.15, 0.2) is 46.9 Å². The summed E-state index contributed by atoms with van der Waals surface area (Å²) in [5.74, 6) is 3.19. The molecule has 3 aromatic rings. The molecular weight excluding hydrogens is 616 g/mol.